The van der Waals surface area contributed by atoms with Crippen LogP contribution in [-0.4, -0.2) is 36.1 Å². The molecule has 19 heavy (non-hydrogen) atoms. The number of rotatable bonds is 5. The van der Waals surface area contributed by atoms with E-state index >= 15 is 0 Å². The monoisotopic (exact) mass is 262 g/mol. The van der Waals surface area contributed by atoms with Crippen molar-refractivity contribution in [3.05, 3.63) is 17.6 Å². The largest absolute Gasteiger partial charge is 0.355 e. The minimum absolute atomic E-state index is 0.788. The average molecular weight is 262 g/mol. The standard InChI is InChI=1S/C15H26N4/c1-4-9-19(11-14-5-7-16-8-6-14)15-10-17-12(2)13(3)18-15/h10,14,16H,4-9,11H2,1-3H3. The van der Waals surface area contributed by atoms with Gasteiger partial charge in [-0.3, -0.25) is 4.98 Å². The first-order valence-electron chi connectivity index (χ1n) is 7.46. The fourth-order valence-electron chi connectivity index (χ4n) is 2.63. The summed E-state index contributed by atoms with van der Waals surface area (Å²) in [5.74, 6) is 1.83. The van der Waals surface area contributed by atoms with Crippen molar-refractivity contribution >= 4 is 5.82 Å². The average Bonchev–Trinajstić information content (AvgIpc) is 2.43. The molecule has 0 amide bonds. The first kappa shape index (κ1) is 14.3. The normalized spacial score (nSPS) is 16.6. The van der Waals surface area contributed by atoms with E-state index < -0.39 is 0 Å². The molecule has 106 valence electrons. The molecular weight excluding hydrogens is 236 g/mol. The molecule has 0 unspecified atom stereocenters. The smallest absolute Gasteiger partial charge is 0.147 e. The van der Waals surface area contributed by atoms with Crippen molar-refractivity contribution < 1.29 is 0 Å². The van der Waals surface area contributed by atoms with Crippen molar-refractivity contribution in [3.8, 4) is 0 Å². The highest BCUT2D eigenvalue weighted by molar-refractivity contribution is 5.37. The Morgan fingerprint density at radius 1 is 1.26 bits per heavy atom. The predicted molar refractivity (Wildman–Crippen MR) is 79.6 cm³/mol. The van der Waals surface area contributed by atoms with Gasteiger partial charge < -0.3 is 10.2 Å². The lowest BCUT2D eigenvalue weighted by atomic mass is 9.97. The number of aromatic nitrogens is 2. The molecule has 0 aliphatic carbocycles. The molecule has 4 heteroatoms. The van der Waals surface area contributed by atoms with Gasteiger partial charge >= 0.3 is 0 Å². The summed E-state index contributed by atoms with van der Waals surface area (Å²) in [6.45, 7) is 10.8. The van der Waals surface area contributed by atoms with Crippen molar-refractivity contribution in [3.63, 3.8) is 0 Å². The van der Waals surface area contributed by atoms with Gasteiger partial charge in [0.1, 0.15) is 5.82 Å². The molecule has 1 aliphatic heterocycles. The minimum Gasteiger partial charge on any atom is -0.355 e. The van der Waals surface area contributed by atoms with E-state index in [1.807, 2.05) is 20.0 Å². The minimum atomic E-state index is 0.788. The third kappa shape index (κ3) is 3.90. The number of nitrogens with one attached hydrogen (secondary N) is 1. The summed E-state index contributed by atoms with van der Waals surface area (Å²) in [7, 11) is 0. The maximum atomic E-state index is 4.70. The summed E-state index contributed by atoms with van der Waals surface area (Å²) < 4.78 is 0. The summed E-state index contributed by atoms with van der Waals surface area (Å²) in [6, 6.07) is 0. The Hall–Kier alpha value is -1.16. The zero-order valence-electron chi connectivity index (χ0n) is 12.4. The first-order chi connectivity index (χ1) is 9.20. The molecule has 4 nitrogen and oxygen atoms in total. The van der Waals surface area contributed by atoms with E-state index in [1.165, 1.54) is 12.8 Å². The number of nitrogens with zero attached hydrogens (tertiary/aromatic N) is 3. The second-order valence-corrected chi connectivity index (χ2v) is 5.54. The van der Waals surface area contributed by atoms with E-state index in [0.29, 0.717) is 0 Å². The van der Waals surface area contributed by atoms with Gasteiger partial charge in [-0.05, 0) is 52.1 Å². The van der Waals surface area contributed by atoms with Crippen molar-refractivity contribution in [2.45, 2.75) is 40.0 Å². The fraction of sp³-hybridized carbons (Fsp3) is 0.733. The van der Waals surface area contributed by atoms with Crippen molar-refractivity contribution in [2.75, 3.05) is 31.1 Å². The molecule has 0 aromatic carbocycles. The van der Waals surface area contributed by atoms with Gasteiger partial charge in [0.15, 0.2) is 0 Å². The van der Waals surface area contributed by atoms with Crippen LogP contribution in [0.1, 0.15) is 37.6 Å². The Kier molecular flexibility index (Phi) is 5.14. The Morgan fingerprint density at radius 3 is 2.63 bits per heavy atom. The summed E-state index contributed by atoms with van der Waals surface area (Å²) in [6.07, 6.45) is 5.63. The Balaban J connectivity index is 2.07. The SMILES string of the molecule is CCCN(CC1CCNCC1)c1cnc(C)c(C)n1. The van der Waals surface area contributed by atoms with E-state index in [4.69, 9.17) is 4.98 Å². The van der Waals surface area contributed by atoms with E-state index in [1.54, 1.807) is 0 Å². The van der Waals surface area contributed by atoms with Gasteiger partial charge in [-0.25, -0.2) is 4.98 Å². The number of hydrogen-bond donors (Lipinski definition) is 1. The molecule has 0 spiro atoms. The van der Waals surface area contributed by atoms with Crippen molar-refractivity contribution in [1.82, 2.24) is 15.3 Å². The van der Waals surface area contributed by atoms with Gasteiger partial charge in [0, 0.05) is 13.1 Å². The van der Waals surface area contributed by atoms with Crippen LogP contribution in [0.5, 0.6) is 0 Å². The zero-order valence-corrected chi connectivity index (χ0v) is 12.4. The van der Waals surface area contributed by atoms with E-state index in [-0.39, 0.29) is 0 Å². The molecule has 2 rings (SSSR count). The fourth-order valence-corrected chi connectivity index (χ4v) is 2.63. The number of aryl methyl sites for hydroxylation is 2. The molecule has 2 heterocycles. The van der Waals surface area contributed by atoms with Crippen LogP contribution < -0.4 is 10.2 Å². The van der Waals surface area contributed by atoms with Crippen LogP contribution in [0.2, 0.25) is 0 Å². The summed E-state index contributed by atoms with van der Waals surface area (Å²) in [5, 5.41) is 3.43. The van der Waals surface area contributed by atoms with Crippen LogP contribution in [0.4, 0.5) is 5.82 Å². The molecule has 0 saturated carbocycles. The zero-order chi connectivity index (χ0) is 13.7. The van der Waals surface area contributed by atoms with Crippen LogP contribution in [-0.2, 0) is 0 Å². The topological polar surface area (TPSA) is 41.0 Å². The van der Waals surface area contributed by atoms with Crippen LogP contribution >= 0.6 is 0 Å². The maximum Gasteiger partial charge on any atom is 0.147 e. The van der Waals surface area contributed by atoms with Crippen molar-refractivity contribution in [1.29, 1.82) is 0 Å². The predicted octanol–water partition coefficient (Wildman–Crippen LogP) is 2.31. The highest BCUT2D eigenvalue weighted by Gasteiger charge is 2.18. The quantitative estimate of drug-likeness (QED) is 0.884. The number of hydrogen-bond acceptors (Lipinski definition) is 4. The molecular formula is C15H26N4. The highest BCUT2D eigenvalue weighted by Crippen LogP contribution is 2.18. The van der Waals surface area contributed by atoms with Gasteiger partial charge in [0.2, 0.25) is 0 Å². The lowest BCUT2D eigenvalue weighted by Crippen LogP contribution is -2.37. The van der Waals surface area contributed by atoms with Gasteiger partial charge in [-0.2, -0.15) is 0 Å². The molecule has 1 aromatic heterocycles. The Labute approximate surface area is 116 Å². The van der Waals surface area contributed by atoms with Gasteiger partial charge in [-0.15, -0.1) is 0 Å². The first-order valence-corrected chi connectivity index (χ1v) is 7.46. The summed E-state index contributed by atoms with van der Waals surface area (Å²) in [5.41, 5.74) is 2.07. The molecule has 0 bridgehead atoms. The molecule has 1 aliphatic rings. The molecule has 1 aromatic rings. The molecule has 1 N–H and O–H groups in total. The van der Waals surface area contributed by atoms with Gasteiger partial charge in [-0.1, -0.05) is 6.92 Å². The van der Waals surface area contributed by atoms with Gasteiger partial charge in [0.05, 0.1) is 17.6 Å². The van der Waals surface area contributed by atoms with E-state index in [2.05, 4.69) is 22.1 Å². The molecule has 0 atom stereocenters. The number of anilines is 1. The van der Waals surface area contributed by atoms with Crippen LogP contribution in [0.25, 0.3) is 0 Å². The Morgan fingerprint density at radius 2 is 2.00 bits per heavy atom. The van der Waals surface area contributed by atoms with Crippen LogP contribution in [0.15, 0.2) is 6.20 Å². The van der Waals surface area contributed by atoms with Crippen molar-refractivity contribution in [2.24, 2.45) is 5.92 Å². The Bertz CT molecular complexity index is 399. The van der Waals surface area contributed by atoms with E-state index in [0.717, 1.165) is 55.7 Å². The maximum absolute atomic E-state index is 4.70. The summed E-state index contributed by atoms with van der Waals surface area (Å²) >= 11 is 0. The number of piperidine rings is 1. The lowest BCUT2D eigenvalue weighted by molar-refractivity contribution is 0.372. The van der Waals surface area contributed by atoms with Gasteiger partial charge in [0.25, 0.3) is 0 Å². The van der Waals surface area contributed by atoms with Crippen LogP contribution in [0.3, 0.4) is 0 Å². The highest BCUT2D eigenvalue weighted by atomic mass is 15.2. The molecule has 1 saturated heterocycles. The third-order valence-electron chi connectivity index (χ3n) is 3.93. The molecule has 0 radical (unpaired) electrons. The lowest BCUT2D eigenvalue weighted by Gasteiger charge is -2.30. The second kappa shape index (κ2) is 6.85. The second-order valence-electron chi connectivity index (χ2n) is 5.54. The van der Waals surface area contributed by atoms with Crippen LogP contribution in [0, 0.1) is 19.8 Å². The third-order valence-corrected chi connectivity index (χ3v) is 3.93. The van der Waals surface area contributed by atoms with E-state index in [9.17, 15) is 0 Å². The summed E-state index contributed by atoms with van der Waals surface area (Å²) in [4.78, 5) is 11.6. The molecule has 1 fully saturated rings.